The number of hydrazone groups is 1. The van der Waals surface area contributed by atoms with Gasteiger partial charge >= 0.3 is 0 Å². The van der Waals surface area contributed by atoms with E-state index in [1.807, 2.05) is 31.2 Å². The molecule has 4 saturated carbocycles. The zero-order chi connectivity index (χ0) is 16.0. The van der Waals surface area contributed by atoms with Crippen LogP contribution in [0.25, 0.3) is 0 Å². The summed E-state index contributed by atoms with van der Waals surface area (Å²) in [5.41, 5.74) is 4.66. The van der Waals surface area contributed by atoms with Gasteiger partial charge in [-0.15, -0.1) is 0 Å². The fraction of sp³-hybridized carbons (Fsp3) is 0.579. The van der Waals surface area contributed by atoms with Gasteiger partial charge < -0.3 is 0 Å². The molecule has 0 atom stereocenters. The second kappa shape index (κ2) is 5.73. The molecule has 4 aliphatic rings. The van der Waals surface area contributed by atoms with E-state index in [4.69, 9.17) is 0 Å². The molecule has 5 rings (SSSR count). The monoisotopic (exact) mass is 374 g/mol. The van der Waals surface area contributed by atoms with Crippen molar-refractivity contribution in [1.82, 2.24) is 5.43 Å². The Balaban J connectivity index is 1.47. The highest BCUT2D eigenvalue weighted by atomic mass is 79.9. The molecular weight excluding hydrogens is 352 g/mol. The molecule has 1 aromatic rings. The standard InChI is InChI=1S/C19H23BrN2O/c1-12(16-2-4-17(20)5-3-16)21-22-18(23)19-9-13-6-14(10-19)8-15(7-13)11-19/h2-5,13-15H,6-11H2,1H3,(H,22,23)/b21-12+. The molecule has 4 aliphatic carbocycles. The summed E-state index contributed by atoms with van der Waals surface area (Å²) in [5, 5.41) is 4.38. The third-order valence-electron chi connectivity index (χ3n) is 6.11. The van der Waals surface area contributed by atoms with Gasteiger partial charge in [0.2, 0.25) is 5.91 Å². The van der Waals surface area contributed by atoms with Crippen LogP contribution in [0.3, 0.4) is 0 Å². The first-order valence-corrected chi connectivity index (χ1v) is 9.44. The molecule has 0 unspecified atom stereocenters. The summed E-state index contributed by atoms with van der Waals surface area (Å²) in [6.45, 7) is 1.95. The number of benzene rings is 1. The first-order valence-electron chi connectivity index (χ1n) is 8.65. The van der Waals surface area contributed by atoms with Crippen molar-refractivity contribution in [1.29, 1.82) is 0 Å². The molecule has 0 spiro atoms. The molecule has 4 heteroatoms. The highest BCUT2D eigenvalue weighted by Gasteiger charge is 2.54. The molecule has 122 valence electrons. The van der Waals surface area contributed by atoms with Crippen LogP contribution in [0.15, 0.2) is 33.8 Å². The van der Waals surface area contributed by atoms with E-state index in [1.54, 1.807) is 0 Å². The molecular formula is C19H23BrN2O. The van der Waals surface area contributed by atoms with Crippen LogP contribution in [0.2, 0.25) is 0 Å². The van der Waals surface area contributed by atoms with E-state index in [2.05, 4.69) is 26.5 Å². The van der Waals surface area contributed by atoms with Crippen molar-refractivity contribution in [3.8, 4) is 0 Å². The maximum atomic E-state index is 12.9. The summed E-state index contributed by atoms with van der Waals surface area (Å²) in [7, 11) is 0. The predicted octanol–water partition coefficient (Wildman–Crippen LogP) is 4.51. The first-order chi connectivity index (χ1) is 11.0. The average molecular weight is 375 g/mol. The summed E-state index contributed by atoms with van der Waals surface area (Å²) >= 11 is 3.44. The second-order valence-electron chi connectivity index (χ2n) is 7.84. The van der Waals surface area contributed by atoms with Gasteiger partial charge in [-0.3, -0.25) is 4.79 Å². The van der Waals surface area contributed by atoms with Gasteiger partial charge in [0.05, 0.1) is 11.1 Å². The van der Waals surface area contributed by atoms with Gasteiger partial charge in [-0.2, -0.15) is 5.10 Å². The first kappa shape index (κ1) is 15.4. The van der Waals surface area contributed by atoms with Crippen LogP contribution < -0.4 is 5.43 Å². The van der Waals surface area contributed by atoms with Crippen molar-refractivity contribution < 1.29 is 4.79 Å². The van der Waals surface area contributed by atoms with Crippen molar-refractivity contribution in [2.75, 3.05) is 0 Å². The molecule has 0 radical (unpaired) electrons. The highest BCUT2D eigenvalue weighted by molar-refractivity contribution is 9.10. The largest absolute Gasteiger partial charge is 0.273 e. The van der Waals surface area contributed by atoms with Crippen LogP contribution in [-0.2, 0) is 4.79 Å². The molecule has 1 amide bonds. The number of nitrogens with one attached hydrogen (secondary N) is 1. The Bertz CT molecular complexity index is 615. The van der Waals surface area contributed by atoms with Gasteiger partial charge in [0.15, 0.2) is 0 Å². The molecule has 1 N–H and O–H groups in total. The van der Waals surface area contributed by atoms with Gasteiger partial charge in [-0.05, 0) is 80.9 Å². The lowest BCUT2D eigenvalue weighted by molar-refractivity contribution is -0.146. The van der Waals surface area contributed by atoms with E-state index in [0.29, 0.717) is 0 Å². The van der Waals surface area contributed by atoms with Gasteiger partial charge in [-0.25, -0.2) is 5.43 Å². The summed E-state index contributed by atoms with van der Waals surface area (Å²) in [5.74, 6) is 2.50. The topological polar surface area (TPSA) is 41.5 Å². The highest BCUT2D eigenvalue weighted by Crippen LogP contribution is 2.60. The van der Waals surface area contributed by atoms with Crippen molar-refractivity contribution in [2.45, 2.75) is 45.4 Å². The Labute approximate surface area is 146 Å². The molecule has 0 aromatic heterocycles. The molecule has 0 saturated heterocycles. The quantitative estimate of drug-likeness (QED) is 0.613. The van der Waals surface area contributed by atoms with E-state index in [0.717, 1.165) is 52.8 Å². The molecule has 4 bridgehead atoms. The lowest BCUT2D eigenvalue weighted by atomic mass is 9.49. The van der Waals surface area contributed by atoms with Crippen LogP contribution in [0.1, 0.15) is 51.0 Å². The number of nitrogens with zero attached hydrogens (tertiary/aromatic N) is 1. The Hall–Kier alpha value is -1.16. The molecule has 3 nitrogen and oxygen atoms in total. The van der Waals surface area contributed by atoms with Crippen LogP contribution in [-0.4, -0.2) is 11.6 Å². The minimum absolute atomic E-state index is 0.127. The predicted molar refractivity (Wildman–Crippen MR) is 95.1 cm³/mol. The van der Waals surface area contributed by atoms with Crippen molar-refractivity contribution >= 4 is 27.5 Å². The van der Waals surface area contributed by atoms with E-state index < -0.39 is 0 Å². The summed E-state index contributed by atoms with van der Waals surface area (Å²) in [4.78, 5) is 12.9. The van der Waals surface area contributed by atoms with E-state index in [-0.39, 0.29) is 11.3 Å². The molecule has 23 heavy (non-hydrogen) atoms. The maximum absolute atomic E-state index is 12.9. The molecule has 0 heterocycles. The maximum Gasteiger partial charge on any atom is 0.246 e. The van der Waals surface area contributed by atoms with Crippen molar-refractivity contribution in [2.24, 2.45) is 28.3 Å². The number of halogens is 1. The normalized spacial score (nSPS) is 35.4. The Morgan fingerprint density at radius 3 is 2.13 bits per heavy atom. The van der Waals surface area contributed by atoms with E-state index >= 15 is 0 Å². The minimum Gasteiger partial charge on any atom is -0.273 e. The number of hydrogen-bond acceptors (Lipinski definition) is 2. The SMILES string of the molecule is C/C(=N\NC(=O)C12CC3CC(CC(C3)C1)C2)c1ccc(Br)cc1. The molecule has 4 fully saturated rings. The van der Waals surface area contributed by atoms with Gasteiger partial charge in [0, 0.05) is 4.47 Å². The fourth-order valence-electron chi connectivity index (χ4n) is 5.40. The molecule has 0 aliphatic heterocycles. The van der Waals surface area contributed by atoms with Gasteiger partial charge in [0.25, 0.3) is 0 Å². The lowest BCUT2D eigenvalue weighted by Crippen LogP contribution is -2.52. The van der Waals surface area contributed by atoms with Crippen LogP contribution in [0, 0.1) is 23.2 Å². The van der Waals surface area contributed by atoms with Gasteiger partial charge in [0.1, 0.15) is 0 Å². The van der Waals surface area contributed by atoms with Crippen LogP contribution in [0.5, 0.6) is 0 Å². The van der Waals surface area contributed by atoms with E-state index in [1.165, 1.54) is 19.3 Å². The number of amides is 1. The number of rotatable bonds is 3. The van der Waals surface area contributed by atoms with Crippen molar-refractivity contribution in [3.63, 3.8) is 0 Å². The fourth-order valence-corrected chi connectivity index (χ4v) is 5.66. The van der Waals surface area contributed by atoms with Crippen LogP contribution in [0.4, 0.5) is 0 Å². The summed E-state index contributed by atoms with van der Waals surface area (Å²) < 4.78 is 1.05. The summed E-state index contributed by atoms with van der Waals surface area (Å²) in [6, 6.07) is 8.02. The number of carbonyl (C=O) groups excluding carboxylic acids is 1. The Morgan fingerprint density at radius 2 is 1.61 bits per heavy atom. The summed E-state index contributed by atoms with van der Waals surface area (Å²) in [6.07, 6.45) is 7.31. The van der Waals surface area contributed by atoms with Crippen LogP contribution >= 0.6 is 15.9 Å². The zero-order valence-corrected chi connectivity index (χ0v) is 15.1. The molecule has 1 aromatic carbocycles. The van der Waals surface area contributed by atoms with Crippen molar-refractivity contribution in [3.05, 3.63) is 34.3 Å². The zero-order valence-electron chi connectivity index (χ0n) is 13.5. The average Bonchev–Trinajstić information content (AvgIpc) is 2.51. The number of hydrogen-bond donors (Lipinski definition) is 1. The third-order valence-corrected chi connectivity index (χ3v) is 6.64. The Kier molecular flexibility index (Phi) is 3.83. The lowest BCUT2D eigenvalue weighted by Gasteiger charge is -2.55. The third kappa shape index (κ3) is 2.86. The minimum atomic E-state index is -0.127. The number of carbonyl (C=O) groups is 1. The van der Waals surface area contributed by atoms with E-state index in [9.17, 15) is 4.79 Å². The second-order valence-corrected chi connectivity index (χ2v) is 8.76. The Morgan fingerprint density at radius 1 is 1.09 bits per heavy atom. The van der Waals surface area contributed by atoms with Gasteiger partial charge in [-0.1, -0.05) is 28.1 Å². The smallest absolute Gasteiger partial charge is 0.246 e.